The quantitative estimate of drug-likeness (QED) is 0.842. The zero-order chi connectivity index (χ0) is 14.7. The predicted octanol–water partition coefficient (Wildman–Crippen LogP) is 4.31. The van der Waals surface area contributed by atoms with Gasteiger partial charge in [0, 0.05) is 10.5 Å². The maximum atomic E-state index is 13.6. The zero-order valence-electron chi connectivity index (χ0n) is 10.1. The van der Waals surface area contributed by atoms with Crippen LogP contribution in [0.25, 0.3) is 0 Å². The van der Waals surface area contributed by atoms with Gasteiger partial charge in [0.25, 0.3) is 0 Å². The Kier molecular flexibility index (Phi) is 4.77. The molecule has 0 bridgehead atoms. The zero-order valence-corrected chi connectivity index (χ0v) is 12.4. The van der Waals surface area contributed by atoms with Crippen molar-refractivity contribution in [3.63, 3.8) is 0 Å². The van der Waals surface area contributed by atoms with Crippen LogP contribution in [0.4, 0.5) is 4.39 Å². The van der Waals surface area contributed by atoms with E-state index in [-0.39, 0.29) is 11.3 Å². The van der Waals surface area contributed by atoms with Gasteiger partial charge >= 0.3 is 0 Å². The van der Waals surface area contributed by atoms with E-state index in [1.54, 1.807) is 12.1 Å². The fourth-order valence-electron chi connectivity index (χ4n) is 1.60. The molecule has 2 aromatic carbocycles. The molecule has 1 atom stereocenters. The van der Waals surface area contributed by atoms with Gasteiger partial charge in [0.2, 0.25) is 0 Å². The van der Waals surface area contributed by atoms with Crippen LogP contribution in [0.5, 0.6) is 0 Å². The second-order valence-corrected chi connectivity index (χ2v) is 6.25. The normalized spacial score (nSPS) is 11.9. The van der Waals surface area contributed by atoms with Crippen LogP contribution >= 0.6 is 23.2 Å². The summed E-state index contributed by atoms with van der Waals surface area (Å²) < 4.78 is 25.8. The van der Waals surface area contributed by atoms with E-state index in [1.807, 2.05) is 6.07 Å². The Bertz CT molecular complexity index is 728. The van der Waals surface area contributed by atoms with Gasteiger partial charge in [-0.05, 0) is 36.4 Å². The number of nitrogens with zero attached hydrogens (tertiary/aromatic N) is 1. The minimum absolute atomic E-state index is 0.0285. The lowest BCUT2D eigenvalue weighted by molar-refractivity contribution is 0.615. The average Bonchev–Trinajstić information content (AvgIpc) is 2.44. The molecule has 102 valence electrons. The molecule has 0 heterocycles. The summed E-state index contributed by atoms with van der Waals surface area (Å²) in [6.07, 6.45) is 0. The van der Waals surface area contributed by atoms with Gasteiger partial charge in [-0.3, -0.25) is 4.21 Å². The highest BCUT2D eigenvalue weighted by Crippen LogP contribution is 2.25. The van der Waals surface area contributed by atoms with Crippen molar-refractivity contribution in [2.45, 2.75) is 10.6 Å². The molecule has 0 aliphatic heterocycles. The Hall–Kier alpha value is -1.41. The monoisotopic (exact) mass is 327 g/mol. The smallest absolute Gasteiger partial charge is 0.127 e. The largest absolute Gasteiger partial charge is 0.254 e. The van der Waals surface area contributed by atoms with Crippen molar-refractivity contribution >= 4 is 34.0 Å². The maximum Gasteiger partial charge on any atom is 0.127 e. The molecule has 1 unspecified atom stereocenters. The van der Waals surface area contributed by atoms with E-state index in [9.17, 15) is 8.60 Å². The van der Waals surface area contributed by atoms with Gasteiger partial charge < -0.3 is 0 Å². The first kappa shape index (κ1) is 15.0. The second kappa shape index (κ2) is 6.36. The van der Waals surface area contributed by atoms with Gasteiger partial charge in [-0.1, -0.05) is 23.2 Å². The van der Waals surface area contributed by atoms with Gasteiger partial charge in [0.05, 0.1) is 38.2 Å². The third-order valence-electron chi connectivity index (χ3n) is 2.62. The third kappa shape index (κ3) is 3.37. The molecule has 20 heavy (non-hydrogen) atoms. The number of hydrogen-bond acceptors (Lipinski definition) is 2. The van der Waals surface area contributed by atoms with Gasteiger partial charge in [-0.25, -0.2) is 4.39 Å². The summed E-state index contributed by atoms with van der Waals surface area (Å²) in [6, 6.07) is 10.5. The van der Waals surface area contributed by atoms with Gasteiger partial charge in [0.1, 0.15) is 5.82 Å². The van der Waals surface area contributed by atoms with E-state index in [0.717, 1.165) is 0 Å². The average molecular weight is 328 g/mol. The van der Waals surface area contributed by atoms with Crippen molar-refractivity contribution < 1.29 is 8.60 Å². The SMILES string of the molecule is N#Cc1ccc(F)c(CS(=O)c2ccc(Cl)c(Cl)c2)c1. The van der Waals surface area contributed by atoms with E-state index in [0.29, 0.717) is 20.5 Å². The highest BCUT2D eigenvalue weighted by atomic mass is 35.5. The Morgan fingerprint density at radius 3 is 2.55 bits per heavy atom. The van der Waals surface area contributed by atoms with Crippen molar-refractivity contribution in [2.75, 3.05) is 0 Å². The Balaban J connectivity index is 2.28. The summed E-state index contributed by atoms with van der Waals surface area (Å²) in [5, 5.41) is 9.45. The van der Waals surface area contributed by atoms with Crippen molar-refractivity contribution in [3.05, 3.63) is 63.4 Å². The van der Waals surface area contributed by atoms with Crippen LogP contribution < -0.4 is 0 Å². The number of hydrogen-bond donors (Lipinski definition) is 0. The topological polar surface area (TPSA) is 40.9 Å². The first-order chi connectivity index (χ1) is 9.51. The lowest BCUT2D eigenvalue weighted by Crippen LogP contribution is -2.00. The molecular weight excluding hydrogens is 320 g/mol. The van der Waals surface area contributed by atoms with Crippen LogP contribution in [-0.2, 0) is 16.6 Å². The highest BCUT2D eigenvalue weighted by molar-refractivity contribution is 7.84. The summed E-state index contributed by atoms with van der Waals surface area (Å²) in [5.74, 6) is -0.517. The lowest BCUT2D eigenvalue weighted by atomic mass is 10.1. The molecule has 0 aromatic heterocycles. The van der Waals surface area contributed by atoms with Crippen molar-refractivity contribution in [1.82, 2.24) is 0 Å². The van der Waals surface area contributed by atoms with Crippen LogP contribution in [0.3, 0.4) is 0 Å². The van der Waals surface area contributed by atoms with Crippen LogP contribution in [0.15, 0.2) is 41.3 Å². The fourth-order valence-corrected chi connectivity index (χ4v) is 3.10. The van der Waals surface area contributed by atoms with Crippen LogP contribution in [0, 0.1) is 17.1 Å². The molecule has 2 nitrogen and oxygen atoms in total. The number of halogens is 3. The molecular formula is C14H8Cl2FNOS. The Morgan fingerprint density at radius 1 is 1.15 bits per heavy atom. The predicted molar refractivity (Wildman–Crippen MR) is 77.7 cm³/mol. The van der Waals surface area contributed by atoms with E-state index < -0.39 is 16.6 Å². The molecule has 0 spiro atoms. The fraction of sp³-hybridized carbons (Fsp3) is 0.0714. The van der Waals surface area contributed by atoms with Gasteiger partial charge in [-0.15, -0.1) is 0 Å². The first-order valence-electron chi connectivity index (χ1n) is 5.53. The summed E-state index contributed by atoms with van der Waals surface area (Å²) >= 11 is 11.6. The van der Waals surface area contributed by atoms with Crippen LogP contribution in [0.2, 0.25) is 10.0 Å². The van der Waals surface area contributed by atoms with Crippen LogP contribution in [-0.4, -0.2) is 4.21 Å². The molecule has 0 saturated carbocycles. The van der Waals surface area contributed by atoms with Crippen LogP contribution in [0.1, 0.15) is 11.1 Å². The third-order valence-corrected chi connectivity index (χ3v) is 4.71. The minimum atomic E-state index is -1.47. The molecule has 6 heteroatoms. The summed E-state index contributed by atoms with van der Waals surface area (Å²) in [6.45, 7) is 0. The maximum absolute atomic E-state index is 13.6. The molecule has 0 saturated heterocycles. The molecule has 0 amide bonds. The summed E-state index contributed by atoms with van der Waals surface area (Å²) in [5.41, 5.74) is 0.556. The summed E-state index contributed by atoms with van der Waals surface area (Å²) in [7, 11) is -1.47. The van der Waals surface area contributed by atoms with Crippen molar-refractivity contribution in [3.8, 4) is 6.07 Å². The van der Waals surface area contributed by atoms with Crippen molar-refractivity contribution in [2.24, 2.45) is 0 Å². The number of nitriles is 1. The Morgan fingerprint density at radius 2 is 1.90 bits per heavy atom. The molecule has 0 aliphatic rings. The first-order valence-corrected chi connectivity index (χ1v) is 7.60. The Labute approximate surface area is 128 Å². The van der Waals surface area contributed by atoms with E-state index >= 15 is 0 Å². The molecule has 2 aromatic rings. The molecule has 0 aliphatic carbocycles. The van der Waals surface area contributed by atoms with Gasteiger partial charge in [-0.2, -0.15) is 5.26 Å². The molecule has 0 N–H and O–H groups in total. The van der Waals surface area contributed by atoms with Crippen molar-refractivity contribution in [1.29, 1.82) is 5.26 Å². The summed E-state index contributed by atoms with van der Waals surface area (Å²) in [4.78, 5) is 0.459. The minimum Gasteiger partial charge on any atom is -0.254 e. The van der Waals surface area contributed by atoms with Gasteiger partial charge in [0.15, 0.2) is 0 Å². The highest BCUT2D eigenvalue weighted by Gasteiger charge is 2.11. The van der Waals surface area contributed by atoms with E-state index in [4.69, 9.17) is 28.5 Å². The molecule has 0 radical (unpaired) electrons. The standard InChI is InChI=1S/C14H8Cl2FNOS/c15-12-3-2-11(6-13(12)16)20(19)8-10-5-9(7-18)1-4-14(10)17/h1-6H,8H2. The lowest BCUT2D eigenvalue weighted by Gasteiger charge is -2.06. The molecule has 0 fully saturated rings. The number of benzene rings is 2. The molecule has 2 rings (SSSR count). The number of rotatable bonds is 3. The van der Waals surface area contributed by atoms with E-state index in [2.05, 4.69) is 0 Å². The second-order valence-electron chi connectivity index (χ2n) is 3.98. The van der Waals surface area contributed by atoms with E-state index in [1.165, 1.54) is 24.3 Å².